The number of amides is 1. The largest absolute Gasteiger partial charge is 0.337 e. The maximum atomic E-state index is 14.3. The molecule has 2 heterocycles. The Morgan fingerprint density at radius 1 is 1.19 bits per heavy atom. The van der Waals surface area contributed by atoms with Gasteiger partial charge in [-0.25, -0.2) is 18.7 Å². The van der Waals surface area contributed by atoms with Crippen LogP contribution in [0.15, 0.2) is 49.1 Å². The van der Waals surface area contributed by atoms with Crippen LogP contribution in [0.5, 0.6) is 0 Å². The molecule has 0 radical (unpaired) electrons. The van der Waals surface area contributed by atoms with Gasteiger partial charge in [0.25, 0.3) is 5.91 Å². The summed E-state index contributed by atoms with van der Waals surface area (Å²) in [6, 6.07) is 7.03. The van der Waals surface area contributed by atoms with Crippen LogP contribution in [0.1, 0.15) is 27.9 Å². The van der Waals surface area contributed by atoms with Crippen molar-refractivity contribution in [2.75, 3.05) is 11.4 Å². The van der Waals surface area contributed by atoms with Crippen molar-refractivity contribution < 1.29 is 13.6 Å². The topological polar surface area (TPSA) is 51.0 Å². The van der Waals surface area contributed by atoms with Crippen LogP contribution in [0.4, 0.5) is 13.9 Å². The lowest BCUT2D eigenvalue weighted by atomic mass is 10.1. The first-order valence-corrected chi connectivity index (χ1v) is 10.3. The molecule has 162 valence electrons. The van der Waals surface area contributed by atoms with Gasteiger partial charge in [0.2, 0.25) is 0 Å². The molecule has 0 saturated heterocycles. The van der Waals surface area contributed by atoms with E-state index in [1.54, 1.807) is 12.5 Å². The van der Waals surface area contributed by atoms with Crippen LogP contribution in [-0.4, -0.2) is 27.0 Å². The van der Waals surface area contributed by atoms with Gasteiger partial charge in [0.05, 0.1) is 22.1 Å². The number of nitrogens with zero attached hydrogens (tertiary/aromatic N) is 4. The number of aromatic nitrogens is 3. The number of halogens is 3. The maximum Gasteiger partial charge on any atom is 0.263 e. The number of thiazole rings is 1. The van der Waals surface area contributed by atoms with Gasteiger partial charge in [-0.2, -0.15) is 0 Å². The first kappa shape index (κ1) is 22.8. The predicted octanol–water partition coefficient (Wildman–Crippen LogP) is 5.55. The molecule has 0 aliphatic heterocycles. The standard InChI is InChI=1S/C22H20F2N4OS.ClH/c1-14-10-15(2)20-19(11-14)26-22(30-20)28(8-3-7-27-9-6-25-13-27)21(29)17-5-4-16(23)12-18(17)24;/h4-6,9-13H,3,7-8H2,1-2H3;1H. The number of rotatable bonds is 6. The van der Waals surface area contributed by atoms with Crippen molar-refractivity contribution in [2.45, 2.75) is 26.8 Å². The van der Waals surface area contributed by atoms with Gasteiger partial charge in [-0.15, -0.1) is 12.4 Å². The van der Waals surface area contributed by atoms with Crippen LogP contribution in [-0.2, 0) is 6.54 Å². The number of benzene rings is 2. The molecule has 4 rings (SSSR count). The number of anilines is 1. The molecule has 0 saturated carbocycles. The molecule has 0 atom stereocenters. The van der Waals surface area contributed by atoms with Crippen molar-refractivity contribution >= 4 is 45.0 Å². The second kappa shape index (κ2) is 9.53. The Balaban J connectivity index is 0.00000272. The van der Waals surface area contributed by atoms with E-state index in [0.717, 1.165) is 33.5 Å². The molecule has 0 fully saturated rings. The molecular weight excluding hydrogens is 442 g/mol. The number of hydrogen-bond acceptors (Lipinski definition) is 4. The minimum atomic E-state index is -0.882. The summed E-state index contributed by atoms with van der Waals surface area (Å²) in [6.07, 6.45) is 5.86. The summed E-state index contributed by atoms with van der Waals surface area (Å²) >= 11 is 1.40. The number of aryl methyl sites for hydroxylation is 3. The summed E-state index contributed by atoms with van der Waals surface area (Å²) in [5.41, 5.74) is 2.79. The molecule has 0 spiro atoms. The average Bonchev–Trinajstić information content (AvgIpc) is 3.34. The van der Waals surface area contributed by atoms with Gasteiger partial charge in [-0.3, -0.25) is 9.69 Å². The van der Waals surface area contributed by atoms with Crippen LogP contribution in [0, 0.1) is 25.5 Å². The summed E-state index contributed by atoms with van der Waals surface area (Å²) in [4.78, 5) is 23.4. The highest BCUT2D eigenvalue weighted by molar-refractivity contribution is 7.22. The van der Waals surface area contributed by atoms with E-state index in [0.29, 0.717) is 24.6 Å². The number of carbonyl (C=O) groups excluding carboxylic acids is 1. The molecule has 2 aromatic carbocycles. The highest BCUT2D eigenvalue weighted by Gasteiger charge is 2.24. The van der Waals surface area contributed by atoms with E-state index < -0.39 is 17.5 Å². The average molecular weight is 463 g/mol. The lowest BCUT2D eigenvalue weighted by molar-refractivity contribution is 0.0982. The molecule has 0 N–H and O–H groups in total. The summed E-state index contributed by atoms with van der Waals surface area (Å²) < 4.78 is 30.6. The van der Waals surface area contributed by atoms with Crippen LogP contribution in [0.2, 0.25) is 0 Å². The molecule has 9 heteroatoms. The van der Waals surface area contributed by atoms with Gasteiger partial charge in [-0.05, 0) is 49.6 Å². The minimum Gasteiger partial charge on any atom is -0.337 e. The second-order valence-electron chi connectivity index (χ2n) is 7.16. The van der Waals surface area contributed by atoms with Crippen molar-refractivity contribution in [3.63, 3.8) is 0 Å². The fourth-order valence-corrected chi connectivity index (χ4v) is 4.44. The zero-order valence-electron chi connectivity index (χ0n) is 17.0. The molecule has 2 aromatic heterocycles. The van der Waals surface area contributed by atoms with Crippen LogP contribution in [0.25, 0.3) is 10.2 Å². The minimum absolute atomic E-state index is 0. The summed E-state index contributed by atoms with van der Waals surface area (Å²) in [7, 11) is 0. The van der Waals surface area contributed by atoms with E-state index in [-0.39, 0.29) is 18.0 Å². The Kier molecular flexibility index (Phi) is 7.02. The van der Waals surface area contributed by atoms with Crippen molar-refractivity contribution in [1.29, 1.82) is 0 Å². The molecule has 31 heavy (non-hydrogen) atoms. The second-order valence-corrected chi connectivity index (χ2v) is 8.14. The third kappa shape index (κ3) is 4.91. The van der Waals surface area contributed by atoms with E-state index in [4.69, 9.17) is 0 Å². The third-order valence-electron chi connectivity index (χ3n) is 4.80. The number of fused-ring (bicyclic) bond motifs is 1. The predicted molar refractivity (Wildman–Crippen MR) is 121 cm³/mol. The Bertz CT molecular complexity index is 1210. The van der Waals surface area contributed by atoms with E-state index >= 15 is 0 Å². The van der Waals surface area contributed by atoms with Crippen molar-refractivity contribution in [1.82, 2.24) is 14.5 Å². The lowest BCUT2D eigenvalue weighted by Gasteiger charge is -2.20. The zero-order chi connectivity index (χ0) is 21.3. The van der Waals surface area contributed by atoms with Crippen molar-refractivity contribution in [2.24, 2.45) is 0 Å². The highest BCUT2D eigenvalue weighted by Crippen LogP contribution is 2.33. The van der Waals surface area contributed by atoms with Crippen molar-refractivity contribution in [3.8, 4) is 0 Å². The van der Waals surface area contributed by atoms with Gasteiger partial charge in [0, 0.05) is 31.5 Å². The SMILES string of the molecule is Cc1cc(C)c2sc(N(CCCn3ccnc3)C(=O)c3ccc(F)cc3F)nc2c1.Cl. The maximum absolute atomic E-state index is 14.3. The monoisotopic (exact) mass is 462 g/mol. The van der Waals surface area contributed by atoms with Gasteiger partial charge in [-0.1, -0.05) is 17.4 Å². The van der Waals surface area contributed by atoms with Gasteiger partial charge in [0.15, 0.2) is 5.13 Å². The quantitative estimate of drug-likeness (QED) is 0.377. The fraction of sp³-hybridized carbons (Fsp3) is 0.227. The molecule has 0 aliphatic rings. The highest BCUT2D eigenvalue weighted by atomic mass is 35.5. The number of carbonyl (C=O) groups is 1. The van der Waals surface area contributed by atoms with E-state index in [1.165, 1.54) is 22.3 Å². The lowest BCUT2D eigenvalue weighted by Crippen LogP contribution is -2.33. The molecule has 0 bridgehead atoms. The molecule has 0 unspecified atom stereocenters. The van der Waals surface area contributed by atoms with E-state index in [2.05, 4.69) is 16.0 Å². The Hall–Kier alpha value is -2.84. The van der Waals surface area contributed by atoms with Gasteiger partial charge < -0.3 is 4.57 Å². The first-order chi connectivity index (χ1) is 14.4. The Morgan fingerprint density at radius 2 is 2.00 bits per heavy atom. The van der Waals surface area contributed by atoms with E-state index in [9.17, 15) is 13.6 Å². The fourth-order valence-electron chi connectivity index (χ4n) is 3.40. The Morgan fingerprint density at radius 3 is 2.71 bits per heavy atom. The smallest absolute Gasteiger partial charge is 0.263 e. The van der Waals surface area contributed by atoms with E-state index in [1.807, 2.05) is 30.7 Å². The first-order valence-electron chi connectivity index (χ1n) is 9.53. The number of hydrogen-bond donors (Lipinski definition) is 0. The normalized spacial score (nSPS) is 10.8. The van der Waals surface area contributed by atoms with Gasteiger partial charge >= 0.3 is 0 Å². The summed E-state index contributed by atoms with van der Waals surface area (Å²) in [5.74, 6) is -2.14. The molecule has 0 aliphatic carbocycles. The zero-order valence-corrected chi connectivity index (χ0v) is 18.6. The molecule has 5 nitrogen and oxygen atoms in total. The molecule has 1 amide bonds. The van der Waals surface area contributed by atoms with Crippen LogP contribution >= 0.6 is 23.7 Å². The van der Waals surface area contributed by atoms with Gasteiger partial charge in [0.1, 0.15) is 11.6 Å². The molecular formula is C22H21ClF2N4OS. The third-order valence-corrected chi connectivity index (χ3v) is 6.03. The van der Waals surface area contributed by atoms with Crippen molar-refractivity contribution in [3.05, 3.63) is 77.4 Å². The summed E-state index contributed by atoms with van der Waals surface area (Å²) in [6.45, 7) is 4.99. The summed E-state index contributed by atoms with van der Waals surface area (Å²) in [5, 5.41) is 0.498. The van der Waals surface area contributed by atoms with Crippen LogP contribution in [0.3, 0.4) is 0 Å². The number of imidazole rings is 1. The van der Waals surface area contributed by atoms with Crippen LogP contribution < -0.4 is 4.90 Å². The molecule has 4 aromatic rings. The Labute approximate surface area is 188 Å².